The number of hydrogen-bond donors (Lipinski definition) is 1. The van der Waals surface area contributed by atoms with Gasteiger partial charge in [0.2, 0.25) is 0 Å². The number of rotatable bonds is 8. The number of carbonyl (C=O) groups excluding carboxylic acids is 1. The van der Waals surface area contributed by atoms with Gasteiger partial charge < -0.3 is 19.9 Å². The topological polar surface area (TPSA) is 105 Å². The average molecular weight is 391 g/mol. The summed E-state index contributed by atoms with van der Waals surface area (Å²) < 4.78 is 41.2. The first-order valence-electron chi connectivity index (χ1n) is 7.90. The molecule has 0 radical (unpaired) electrons. The monoisotopic (exact) mass is 391 g/mol. The van der Waals surface area contributed by atoms with Crippen LogP contribution in [0.5, 0.6) is 17.2 Å². The highest BCUT2D eigenvalue weighted by Gasteiger charge is 2.25. The van der Waals surface area contributed by atoms with Crippen LogP contribution in [0.15, 0.2) is 47.4 Å². The molecular weight excluding hydrogens is 370 g/mol. The molecule has 0 saturated carbocycles. The summed E-state index contributed by atoms with van der Waals surface area (Å²) in [6, 6.07) is 11.4. The van der Waals surface area contributed by atoms with Crippen LogP contribution in [-0.4, -0.2) is 35.7 Å². The molecule has 0 aliphatic heterocycles. The zero-order valence-corrected chi connectivity index (χ0v) is 16.1. The summed E-state index contributed by atoms with van der Waals surface area (Å²) in [5, 5.41) is 0. The van der Waals surface area contributed by atoms with Crippen LogP contribution in [-0.2, 0) is 20.4 Å². The molecular formula is C19H21NO6S. The number of sulfone groups is 1. The van der Waals surface area contributed by atoms with E-state index in [1.165, 1.54) is 27.4 Å². The molecule has 0 bridgehead atoms. The van der Waals surface area contributed by atoms with E-state index in [4.69, 9.17) is 19.9 Å². The first-order chi connectivity index (χ1) is 12.8. The van der Waals surface area contributed by atoms with Gasteiger partial charge >= 0.3 is 0 Å². The first-order valence-corrected chi connectivity index (χ1v) is 9.55. The lowest BCUT2D eigenvalue weighted by Gasteiger charge is -2.12. The maximum atomic E-state index is 12.8. The highest BCUT2D eigenvalue weighted by molar-refractivity contribution is 7.95. The minimum atomic E-state index is -4.01. The summed E-state index contributed by atoms with van der Waals surface area (Å²) in [6.45, 7) is 0. The zero-order valence-electron chi connectivity index (χ0n) is 15.3. The van der Waals surface area contributed by atoms with Crippen molar-refractivity contribution in [3.63, 3.8) is 0 Å². The summed E-state index contributed by atoms with van der Waals surface area (Å²) in [7, 11) is 0.371. The third kappa shape index (κ3) is 4.79. The fraction of sp³-hybridized carbons (Fsp3) is 0.211. The largest absolute Gasteiger partial charge is 0.497 e. The maximum Gasteiger partial charge on any atom is 0.260 e. The molecule has 27 heavy (non-hydrogen) atoms. The lowest BCUT2D eigenvalue weighted by molar-refractivity contribution is -0.113. The van der Waals surface area contributed by atoms with Gasteiger partial charge in [-0.3, -0.25) is 4.79 Å². The number of benzene rings is 2. The van der Waals surface area contributed by atoms with Crippen molar-refractivity contribution >= 4 is 21.8 Å². The molecule has 0 aliphatic carbocycles. The van der Waals surface area contributed by atoms with Crippen molar-refractivity contribution < 1.29 is 27.4 Å². The van der Waals surface area contributed by atoms with Gasteiger partial charge in [0.15, 0.2) is 9.84 Å². The zero-order chi connectivity index (χ0) is 20.0. The summed E-state index contributed by atoms with van der Waals surface area (Å²) in [6.07, 6.45) is 1.18. The van der Waals surface area contributed by atoms with Crippen LogP contribution < -0.4 is 19.9 Å². The molecule has 1 amide bonds. The standard InChI is InChI=1S/C19H21NO6S/c1-24-14-9-7-13(8-10-14)12-27(22,23)18(19(20)21)11-15-16(25-2)5-4-6-17(15)26-3/h4-11H,12H2,1-3H3,(H2,20,21)/b18-11-. The van der Waals surface area contributed by atoms with Gasteiger partial charge in [-0.05, 0) is 35.9 Å². The van der Waals surface area contributed by atoms with Crippen molar-refractivity contribution in [1.29, 1.82) is 0 Å². The summed E-state index contributed by atoms with van der Waals surface area (Å²) in [5.41, 5.74) is 6.17. The van der Waals surface area contributed by atoms with E-state index in [9.17, 15) is 13.2 Å². The fourth-order valence-electron chi connectivity index (χ4n) is 2.49. The Morgan fingerprint density at radius 2 is 1.52 bits per heavy atom. The lowest BCUT2D eigenvalue weighted by Crippen LogP contribution is -2.22. The second-order valence-electron chi connectivity index (χ2n) is 5.56. The third-order valence-corrected chi connectivity index (χ3v) is 5.54. The number of hydrogen-bond acceptors (Lipinski definition) is 6. The number of carbonyl (C=O) groups is 1. The van der Waals surface area contributed by atoms with Crippen molar-refractivity contribution in [2.45, 2.75) is 5.75 Å². The Balaban J connectivity index is 2.50. The van der Waals surface area contributed by atoms with Gasteiger partial charge in [-0.1, -0.05) is 18.2 Å². The van der Waals surface area contributed by atoms with Gasteiger partial charge in [0.25, 0.3) is 5.91 Å². The van der Waals surface area contributed by atoms with E-state index in [1.54, 1.807) is 42.5 Å². The quantitative estimate of drug-likeness (QED) is 0.692. The highest BCUT2D eigenvalue weighted by atomic mass is 32.2. The molecule has 0 heterocycles. The van der Waals surface area contributed by atoms with E-state index in [2.05, 4.69) is 0 Å². The maximum absolute atomic E-state index is 12.8. The average Bonchev–Trinajstić information content (AvgIpc) is 2.65. The van der Waals surface area contributed by atoms with Crippen molar-refractivity contribution in [2.75, 3.05) is 21.3 Å². The van der Waals surface area contributed by atoms with Gasteiger partial charge in [-0.15, -0.1) is 0 Å². The van der Waals surface area contributed by atoms with Gasteiger partial charge in [-0.2, -0.15) is 0 Å². The molecule has 2 aromatic rings. The van der Waals surface area contributed by atoms with E-state index in [1.807, 2.05) is 0 Å². The Bertz CT molecular complexity index is 926. The minimum Gasteiger partial charge on any atom is -0.497 e. The van der Waals surface area contributed by atoms with E-state index in [-0.39, 0.29) is 5.75 Å². The van der Waals surface area contributed by atoms with E-state index in [0.717, 1.165) is 0 Å². The SMILES string of the molecule is COc1ccc(CS(=O)(=O)/C(=C\c2c(OC)cccc2OC)C(N)=O)cc1. The predicted molar refractivity (Wildman–Crippen MR) is 102 cm³/mol. The number of amides is 1. The van der Waals surface area contributed by atoms with Gasteiger partial charge in [0, 0.05) is 0 Å². The Morgan fingerprint density at radius 3 is 1.96 bits per heavy atom. The van der Waals surface area contributed by atoms with Crippen molar-refractivity contribution in [3.8, 4) is 17.2 Å². The molecule has 2 rings (SSSR count). The second-order valence-corrected chi connectivity index (χ2v) is 7.51. The van der Waals surface area contributed by atoms with Gasteiger partial charge in [0.1, 0.15) is 22.2 Å². The Morgan fingerprint density at radius 1 is 0.963 bits per heavy atom. The van der Waals surface area contributed by atoms with Gasteiger partial charge in [0.05, 0.1) is 32.6 Å². The molecule has 144 valence electrons. The Hall–Kier alpha value is -3.00. The molecule has 0 aliphatic rings. The summed E-state index contributed by atoms with van der Waals surface area (Å²) in [4.78, 5) is 11.4. The van der Waals surface area contributed by atoms with Crippen LogP contribution in [0.4, 0.5) is 0 Å². The fourth-order valence-corrected chi connectivity index (χ4v) is 3.88. The van der Waals surface area contributed by atoms with Crippen LogP contribution in [0.1, 0.15) is 11.1 Å². The molecule has 2 N–H and O–H groups in total. The highest BCUT2D eigenvalue weighted by Crippen LogP contribution is 2.32. The lowest BCUT2D eigenvalue weighted by atomic mass is 10.1. The molecule has 8 heteroatoms. The van der Waals surface area contributed by atoms with Crippen LogP contribution in [0.3, 0.4) is 0 Å². The molecule has 0 atom stereocenters. The van der Waals surface area contributed by atoms with E-state index >= 15 is 0 Å². The Kier molecular flexibility index (Phi) is 6.46. The van der Waals surface area contributed by atoms with E-state index in [0.29, 0.717) is 28.4 Å². The molecule has 0 saturated heterocycles. The van der Waals surface area contributed by atoms with Crippen molar-refractivity contribution in [1.82, 2.24) is 0 Å². The minimum absolute atomic E-state index is 0.314. The number of nitrogens with two attached hydrogens (primary N) is 1. The molecule has 0 aromatic heterocycles. The molecule has 7 nitrogen and oxygen atoms in total. The third-order valence-electron chi connectivity index (χ3n) is 3.84. The normalized spacial score (nSPS) is 11.7. The first kappa shape index (κ1) is 20.3. The number of ether oxygens (including phenoxy) is 3. The number of primary amides is 1. The van der Waals surface area contributed by atoms with Crippen molar-refractivity contribution in [2.24, 2.45) is 5.73 Å². The molecule has 0 unspecified atom stereocenters. The number of methoxy groups -OCH3 is 3. The molecule has 2 aromatic carbocycles. The van der Waals surface area contributed by atoms with Crippen LogP contribution >= 0.6 is 0 Å². The summed E-state index contributed by atoms with van der Waals surface area (Å²) >= 11 is 0. The van der Waals surface area contributed by atoms with Crippen LogP contribution in [0.25, 0.3) is 6.08 Å². The predicted octanol–water partition coefficient (Wildman–Crippen LogP) is 2.15. The van der Waals surface area contributed by atoms with Crippen molar-refractivity contribution in [3.05, 3.63) is 58.5 Å². The second kappa shape index (κ2) is 8.59. The smallest absolute Gasteiger partial charge is 0.260 e. The van der Waals surface area contributed by atoms with Crippen LogP contribution in [0, 0.1) is 0 Å². The Labute approximate surface area is 158 Å². The van der Waals surface area contributed by atoms with Crippen LogP contribution in [0.2, 0.25) is 0 Å². The van der Waals surface area contributed by atoms with E-state index < -0.39 is 20.6 Å². The summed E-state index contributed by atoms with van der Waals surface area (Å²) in [5.74, 6) is -0.138. The molecule has 0 fully saturated rings. The molecule has 0 spiro atoms. The van der Waals surface area contributed by atoms with Gasteiger partial charge in [-0.25, -0.2) is 8.42 Å².